The van der Waals surface area contributed by atoms with Gasteiger partial charge in [-0.25, -0.2) is 9.36 Å². The first-order valence-electron chi connectivity index (χ1n) is 14.9. The molecule has 2 aliphatic heterocycles. The van der Waals surface area contributed by atoms with E-state index in [2.05, 4.69) is 46.2 Å². The summed E-state index contributed by atoms with van der Waals surface area (Å²) in [5.41, 5.74) is 5.04. The highest BCUT2D eigenvalue weighted by atomic mass is 16.6. The molecule has 43 heavy (non-hydrogen) atoms. The molecule has 6 rings (SSSR count). The Bertz CT molecular complexity index is 1600. The molecular weight excluding hydrogens is 542 g/mol. The van der Waals surface area contributed by atoms with Gasteiger partial charge in [0, 0.05) is 37.1 Å². The van der Waals surface area contributed by atoms with Crippen molar-refractivity contribution in [3.63, 3.8) is 0 Å². The minimum absolute atomic E-state index is 0.300. The van der Waals surface area contributed by atoms with E-state index >= 15 is 0 Å². The molecule has 4 aromatic rings. The number of aromatic nitrogens is 1. The number of esters is 1. The van der Waals surface area contributed by atoms with E-state index in [4.69, 9.17) is 14.2 Å². The van der Waals surface area contributed by atoms with Crippen molar-refractivity contribution in [2.75, 3.05) is 38.3 Å². The molecule has 0 saturated carbocycles. The number of morpholine rings is 1. The maximum absolute atomic E-state index is 14.0. The molecule has 1 saturated heterocycles. The lowest BCUT2D eigenvalue weighted by molar-refractivity contribution is -0.148. The van der Waals surface area contributed by atoms with Crippen LogP contribution in [0, 0.1) is 0 Å². The van der Waals surface area contributed by atoms with Gasteiger partial charge in [0.1, 0.15) is 11.6 Å². The van der Waals surface area contributed by atoms with Gasteiger partial charge in [0.15, 0.2) is 0 Å². The predicted octanol–water partition coefficient (Wildman–Crippen LogP) is 5.95. The molecule has 0 radical (unpaired) electrons. The Morgan fingerprint density at radius 2 is 1.58 bits per heavy atom. The molecule has 3 heterocycles. The summed E-state index contributed by atoms with van der Waals surface area (Å²) in [5.74, 6) is -0.300. The minimum atomic E-state index is -0.683. The van der Waals surface area contributed by atoms with Crippen molar-refractivity contribution in [1.82, 2.24) is 9.47 Å². The lowest BCUT2D eigenvalue weighted by Crippen LogP contribution is -2.49. The van der Waals surface area contributed by atoms with Gasteiger partial charge in [-0.05, 0) is 55.7 Å². The average Bonchev–Trinajstić information content (AvgIpc) is 3.35. The van der Waals surface area contributed by atoms with Crippen LogP contribution < -0.4 is 4.90 Å². The highest BCUT2D eigenvalue weighted by Crippen LogP contribution is 2.44. The van der Waals surface area contributed by atoms with Crippen molar-refractivity contribution in [3.8, 4) is 0 Å². The van der Waals surface area contributed by atoms with Crippen LogP contribution in [0.3, 0.4) is 0 Å². The summed E-state index contributed by atoms with van der Waals surface area (Å²) in [4.78, 5) is 32.0. The molecule has 0 aliphatic carbocycles. The second-order valence-corrected chi connectivity index (χ2v) is 12.2. The molecule has 8 nitrogen and oxygen atoms in total. The standard InChI is InChI=1S/C35H39N3O5/c1-35(2,3)43-34(40)38-29-13-9-8-12-27(29)28-22-30(33(39)41-4)37(23-24-10-6-5-7-11-24)31(32(28)38)25-14-16-26(17-15-25)36-18-20-42-21-19-36/h5-17,30-31H,18-23H2,1-4H3/t30-,31?/m1/s1. The number of carbonyl (C=O) groups excluding carboxylic acids is 2. The van der Waals surface area contributed by atoms with Gasteiger partial charge in [-0.1, -0.05) is 60.7 Å². The first-order valence-corrected chi connectivity index (χ1v) is 14.9. The Labute approximate surface area is 252 Å². The first-order chi connectivity index (χ1) is 20.7. The van der Waals surface area contributed by atoms with E-state index in [1.54, 1.807) is 4.57 Å². The maximum atomic E-state index is 14.0. The average molecular weight is 582 g/mol. The Balaban J connectivity index is 1.56. The molecule has 0 N–H and O–H groups in total. The van der Waals surface area contributed by atoms with Gasteiger partial charge in [0.05, 0.1) is 37.6 Å². The van der Waals surface area contributed by atoms with Crippen molar-refractivity contribution in [3.05, 3.63) is 101 Å². The number of hydrogen-bond donors (Lipinski definition) is 0. The lowest BCUT2D eigenvalue weighted by Gasteiger charge is -2.42. The van der Waals surface area contributed by atoms with Gasteiger partial charge in [0.25, 0.3) is 0 Å². The van der Waals surface area contributed by atoms with E-state index in [1.807, 2.05) is 63.2 Å². The quantitative estimate of drug-likeness (QED) is 0.270. The molecule has 0 bridgehead atoms. The second kappa shape index (κ2) is 11.9. The zero-order valence-electron chi connectivity index (χ0n) is 25.3. The van der Waals surface area contributed by atoms with Gasteiger partial charge in [-0.2, -0.15) is 0 Å². The number of anilines is 1. The molecule has 1 aromatic heterocycles. The van der Waals surface area contributed by atoms with Crippen molar-refractivity contribution in [1.29, 1.82) is 0 Å². The normalized spacial score (nSPS) is 19.2. The molecular formula is C35H39N3O5. The van der Waals surface area contributed by atoms with E-state index in [0.29, 0.717) is 26.2 Å². The van der Waals surface area contributed by atoms with E-state index < -0.39 is 23.8 Å². The predicted molar refractivity (Wildman–Crippen MR) is 166 cm³/mol. The molecule has 0 amide bonds. The van der Waals surface area contributed by atoms with Crippen LogP contribution in [0.15, 0.2) is 78.9 Å². The van der Waals surface area contributed by atoms with E-state index in [0.717, 1.165) is 52.1 Å². The SMILES string of the molecule is COC(=O)[C@H]1Cc2c(n(C(=O)OC(C)(C)C)c3ccccc23)C(c2ccc(N3CCOCC3)cc2)N1Cc1ccccc1. The number of nitrogens with zero attached hydrogens (tertiary/aromatic N) is 3. The third kappa shape index (κ3) is 5.77. The van der Waals surface area contributed by atoms with Crippen LogP contribution in [0.25, 0.3) is 10.9 Å². The fraction of sp³-hybridized carbons (Fsp3) is 0.371. The van der Waals surface area contributed by atoms with Gasteiger partial charge < -0.3 is 19.1 Å². The summed E-state index contributed by atoms with van der Waals surface area (Å²) in [5, 5.41) is 0.937. The number of ether oxygens (including phenoxy) is 3. The van der Waals surface area contributed by atoms with Crippen molar-refractivity contribution in [2.24, 2.45) is 0 Å². The van der Waals surface area contributed by atoms with Crippen LogP contribution in [0.1, 0.15) is 49.2 Å². The van der Waals surface area contributed by atoms with Crippen LogP contribution >= 0.6 is 0 Å². The summed E-state index contributed by atoms with van der Waals surface area (Å²) < 4.78 is 18.7. The number of hydrogen-bond acceptors (Lipinski definition) is 7. The van der Waals surface area contributed by atoms with E-state index in [9.17, 15) is 9.59 Å². The van der Waals surface area contributed by atoms with E-state index in [-0.39, 0.29) is 5.97 Å². The topological polar surface area (TPSA) is 73.2 Å². The van der Waals surface area contributed by atoms with Crippen LogP contribution in [-0.4, -0.2) is 66.6 Å². The Morgan fingerprint density at radius 3 is 2.26 bits per heavy atom. The summed E-state index contributed by atoms with van der Waals surface area (Å²) in [7, 11) is 1.44. The third-order valence-electron chi connectivity index (χ3n) is 8.25. The molecule has 1 unspecified atom stereocenters. The Kier molecular flexibility index (Phi) is 7.99. The molecule has 0 spiro atoms. The fourth-order valence-corrected chi connectivity index (χ4v) is 6.37. The summed E-state index contributed by atoms with van der Waals surface area (Å²) in [6, 6.07) is 25.5. The van der Waals surface area contributed by atoms with Gasteiger partial charge in [-0.15, -0.1) is 0 Å². The zero-order chi connectivity index (χ0) is 30.1. The number of carbonyl (C=O) groups is 2. The van der Waals surface area contributed by atoms with Crippen LogP contribution in [0.4, 0.5) is 10.5 Å². The van der Waals surface area contributed by atoms with Crippen molar-refractivity contribution < 1.29 is 23.8 Å². The summed E-state index contributed by atoms with van der Waals surface area (Å²) in [6.45, 7) is 9.20. The molecule has 1 fully saturated rings. The minimum Gasteiger partial charge on any atom is -0.468 e. The van der Waals surface area contributed by atoms with Gasteiger partial charge in [-0.3, -0.25) is 9.69 Å². The lowest BCUT2D eigenvalue weighted by atomic mass is 9.87. The number of rotatable bonds is 5. The largest absolute Gasteiger partial charge is 0.468 e. The number of para-hydroxylation sites is 1. The van der Waals surface area contributed by atoms with Crippen molar-refractivity contribution in [2.45, 2.75) is 51.4 Å². The van der Waals surface area contributed by atoms with Crippen molar-refractivity contribution >= 4 is 28.7 Å². The van der Waals surface area contributed by atoms with E-state index in [1.165, 1.54) is 7.11 Å². The zero-order valence-corrected chi connectivity index (χ0v) is 25.3. The van der Waals surface area contributed by atoms with Crippen LogP contribution in [-0.2, 0) is 32.0 Å². The Hall–Kier alpha value is -4.14. The fourth-order valence-electron chi connectivity index (χ4n) is 6.37. The van der Waals surface area contributed by atoms with Crippen LogP contribution in [0.2, 0.25) is 0 Å². The molecule has 2 atom stereocenters. The van der Waals surface area contributed by atoms with Gasteiger partial charge >= 0.3 is 12.1 Å². The molecule has 2 aliphatic rings. The van der Waals surface area contributed by atoms with Crippen LogP contribution in [0.5, 0.6) is 0 Å². The molecule has 224 valence electrons. The highest BCUT2D eigenvalue weighted by molar-refractivity contribution is 5.95. The highest BCUT2D eigenvalue weighted by Gasteiger charge is 2.44. The van der Waals surface area contributed by atoms with Gasteiger partial charge in [0.2, 0.25) is 0 Å². The smallest absolute Gasteiger partial charge is 0.419 e. The summed E-state index contributed by atoms with van der Waals surface area (Å²) >= 11 is 0. The summed E-state index contributed by atoms with van der Waals surface area (Å²) in [6.07, 6.45) is -0.0240. The first kappa shape index (κ1) is 29.0. The number of methoxy groups -OCH3 is 1. The number of benzene rings is 3. The number of fused-ring (bicyclic) bond motifs is 3. The second-order valence-electron chi connectivity index (χ2n) is 12.2. The molecule has 3 aromatic carbocycles. The third-order valence-corrected chi connectivity index (χ3v) is 8.25. The molecule has 8 heteroatoms. The monoisotopic (exact) mass is 581 g/mol. The maximum Gasteiger partial charge on any atom is 0.419 e. The Morgan fingerprint density at radius 1 is 0.907 bits per heavy atom.